The molecule has 5 heteroatoms. The summed E-state index contributed by atoms with van der Waals surface area (Å²) in [4.78, 5) is 12.9. The molecule has 0 aromatic rings. The first-order valence-electron chi connectivity index (χ1n) is 5.27. The molecule has 0 bridgehead atoms. The van der Waals surface area contributed by atoms with Crippen LogP contribution in [-0.2, 0) is 9.53 Å². The lowest BCUT2D eigenvalue weighted by atomic mass is 9.78. The Labute approximate surface area is 89.6 Å². The lowest BCUT2D eigenvalue weighted by Crippen LogP contribution is -2.52. The Hall–Kier alpha value is -0.650. The van der Waals surface area contributed by atoms with E-state index in [1.807, 2.05) is 4.90 Å². The molecule has 1 fully saturated rings. The van der Waals surface area contributed by atoms with E-state index in [2.05, 4.69) is 0 Å². The van der Waals surface area contributed by atoms with Gasteiger partial charge in [-0.3, -0.25) is 9.69 Å². The lowest BCUT2D eigenvalue weighted by molar-refractivity contribution is -0.149. The van der Waals surface area contributed by atoms with Gasteiger partial charge in [-0.1, -0.05) is 0 Å². The normalized spacial score (nSPS) is 25.3. The second-order valence-electron chi connectivity index (χ2n) is 3.84. The number of carboxylic acids is 1. The average Bonchev–Trinajstić information content (AvgIpc) is 2.11. The summed E-state index contributed by atoms with van der Waals surface area (Å²) in [5.74, 6) is -1.000. The first-order chi connectivity index (χ1) is 7.20. The van der Waals surface area contributed by atoms with Gasteiger partial charge in [0.1, 0.15) is 0 Å². The summed E-state index contributed by atoms with van der Waals surface area (Å²) in [7, 11) is 1.62. The van der Waals surface area contributed by atoms with Crippen LogP contribution in [0.1, 0.15) is 12.8 Å². The molecule has 0 aromatic heterocycles. The van der Waals surface area contributed by atoms with Crippen LogP contribution in [-0.4, -0.2) is 60.5 Å². The molecule has 0 aromatic carbocycles. The van der Waals surface area contributed by atoms with E-state index in [0.29, 0.717) is 19.7 Å². The number of aliphatic hydroxyl groups excluding tert-OH is 1. The van der Waals surface area contributed by atoms with Crippen LogP contribution in [0.15, 0.2) is 0 Å². The molecule has 15 heavy (non-hydrogen) atoms. The third-order valence-electron chi connectivity index (χ3n) is 2.99. The van der Waals surface area contributed by atoms with Crippen LogP contribution in [0.2, 0.25) is 0 Å². The van der Waals surface area contributed by atoms with E-state index >= 15 is 0 Å². The second-order valence-corrected chi connectivity index (χ2v) is 3.84. The van der Waals surface area contributed by atoms with Crippen molar-refractivity contribution in [2.45, 2.75) is 18.9 Å². The Morgan fingerprint density at radius 2 is 2.20 bits per heavy atom. The Bertz CT molecular complexity index is 210. The fourth-order valence-electron chi connectivity index (χ4n) is 1.99. The summed E-state index contributed by atoms with van der Waals surface area (Å²) in [5.41, 5.74) is 0. The number of methoxy groups -OCH3 is 1. The van der Waals surface area contributed by atoms with E-state index in [0.717, 1.165) is 12.8 Å². The van der Waals surface area contributed by atoms with Crippen LogP contribution < -0.4 is 0 Å². The first-order valence-corrected chi connectivity index (χ1v) is 5.27. The summed E-state index contributed by atoms with van der Waals surface area (Å²) in [6.45, 7) is 1.85. The Balaban J connectivity index is 2.44. The molecule has 1 aliphatic rings. The maximum absolute atomic E-state index is 10.9. The minimum Gasteiger partial charge on any atom is -0.481 e. The van der Waals surface area contributed by atoms with E-state index in [4.69, 9.17) is 14.9 Å². The molecule has 1 saturated carbocycles. The molecular formula is C10H19NO4. The van der Waals surface area contributed by atoms with Crippen LogP contribution in [0.5, 0.6) is 0 Å². The lowest BCUT2D eigenvalue weighted by Gasteiger charge is -2.42. The largest absolute Gasteiger partial charge is 0.481 e. The molecule has 0 aliphatic heterocycles. The summed E-state index contributed by atoms with van der Waals surface area (Å²) in [6.07, 6.45) is 1.65. The maximum Gasteiger partial charge on any atom is 0.308 e. The van der Waals surface area contributed by atoms with Crippen molar-refractivity contribution in [3.8, 4) is 0 Å². The molecule has 1 aliphatic carbocycles. The van der Waals surface area contributed by atoms with Gasteiger partial charge in [0.2, 0.25) is 0 Å². The van der Waals surface area contributed by atoms with Crippen LogP contribution in [0, 0.1) is 5.92 Å². The van der Waals surface area contributed by atoms with Crippen LogP contribution in [0.25, 0.3) is 0 Å². The molecule has 2 N–H and O–H groups in total. The van der Waals surface area contributed by atoms with Crippen LogP contribution in [0.3, 0.4) is 0 Å². The Morgan fingerprint density at radius 3 is 2.60 bits per heavy atom. The zero-order chi connectivity index (χ0) is 11.3. The smallest absolute Gasteiger partial charge is 0.308 e. The number of carbonyl (C=O) groups is 1. The Kier molecular flexibility index (Phi) is 5.01. The minimum atomic E-state index is -0.730. The van der Waals surface area contributed by atoms with E-state index in [1.165, 1.54) is 0 Å². The molecule has 0 saturated heterocycles. The number of ether oxygens (including phenoxy) is 1. The molecule has 0 amide bonds. The zero-order valence-corrected chi connectivity index (χ0v) is 9.06. The standard InChI is InChI=1S/C10H19NO4/c1-15-7-5-11(4-6-12)9-3-2-8(9)10(13)14/h8-9,12H,2-7H2,1H3,(H,13,14). The highest BCUT2D eigenvalue weighted by molar-refractivity contribution is 5.72. The quantitative estimate of drug-likeness (QED) is 0.617. The number of aliphatic hydroxyl groups is 1. The van der Waals surface area contributed by atoms with Gasteiger partial charge in [-0.05, 0) is 12.8 Å². The fraction of sp³-hybridized carbons (Fsp3) is 0.900. The summed E-state index contributed by atoms with van der Waals surface area (Å²) < 4.78 is 4.96. The van der Waals surface area contributed by atoms with E-state index in [-0.39, 0.29) is 18.6 Å². The molecule has 0 spiro atoms. The molecule has 88 valence electrons. The van der Waals surface area contributed by atoms with E-state index < -0.39 is 5.97 Å². The molecule has 1 rings (SSSR count). The third kappa shape index (κ3) is 3.15. The molecule has 0 heterocycles. The monoisotopic (exact) mass is 217 g/mol. The molecular weight excluding hydrogens is 198 g/mol. The van der Waals surface area contributed by atoms with Crippen molar-refractivity contribution >= 4 is 5.97 Å². The predicted molar refractivity (Wildman–Crippen MR) is 54.7 cm³/mol. The Morgan fingerprint density at radius 1 is 1.47 bits per heavy atom. The van der Waals surface area contributed by atoms with Crippen molar-refractivity contribution in [2.24, 2.45) is 5.92 Å². The van der Waals surface area contributed by atoms with Gasteiger partial charge in [-0.2, -0.15) is 0 Å². The summed E-state index contributed by atoms with van der Waals surface area (Å²) >= 11 is 0. The van der Waals surface area contributed by atoms with Gasteiger partial charge in [0.15, 0.2) is 0 Å². The molecule has 5 nitrogen and oxygen atoms in total. The van der Waals surface area contributed by atoms with Gasteiger partial charge in [0.25, 0.3) is 0 Å². The number of hydrogen-bond acceptors (Lipinski definition) is 4. The second kappa shape index (κ2) is 6.05. The minimum absolute atomic E-state index is 0.0621. The van der Waals surface area contributed by atoms with Gasteiger partial charge in [0, 0.05) is 26.2 Å². The summed E-state index contributed by atoms with van der Waals surface area (Å²) in [5, 5.41) is 17.8. The highest BCUT2D eigenvalue weighted by Crippen LogP contribution is 2.32. The average molecular weight is 217 g/mol. The van der Waals surface area contributed by atoms with Crippen LogP contribution >= 0.6 is 0 Å². The maximum atomic E-state index is 10.9. The van der Waals surface area contributed by atoms with Gasteiger partial charge in [0.05, 0.1) is 19.1 Å². The van der Waals surface area contributed by atoms with Crippen molar-refractivity contribution in [1.29, 1.82) is 0 Å². The SMILES string of the molecule is COCCN(CCO)C1CCC1C(=O)O. The van der Waals surface area contributed by atoms with Crippen molar-refractivity contribution < 1.29 is 19.7 Å². The van der Waals surface area contributed by atoms with Gasteiger partial charge in [-0.15, -0.1) is 0 Å². The van der Waals surface area contributed by atoms with Crippen molar-refractivity contribution in [3.05, 3.63) is 0 Å². The molecule has 0 radical (unpaired) electrons. The van der Waals surface area contributed by atoms with Gasteiger partial charge < -0.3 is 14.9 Å². The number of aliphatic carboxylic acids is 1. The fourth-order valence-corrected chi connectivity index (χ4v) is 1.99. The highest BCUT2D eigenvalue weighted by atomic mass is 16.5. The number of hydrogen-bond donors (Lipinski definition) is 2. The van der Waals surface area contributed by atoms with E-state index in [1.54, 1.807) is 7.11 Å². The van der Waals surface area contributed by atoms with Crippen molar-refractivity contribution in [3.63, 3.8) is 0 Å². The molecule has 2 atom stereocenters. The number of rotatable bonds is 7. The number of nitrogens with zero attached hydrogens (tertiary/aromatic N) is 1. The third-order valence-corrected chi connectivity index (χ3v) is 2.99. The van der Waals surface area contributed by atoms with Gasteiger partial charge in [-0.25, -0.2) is 0 Å². The molecule has 2 unspecified atom stereocenters. The topological polar surface area (TPSA) is 70.0 Å². The van der Waals surface area contributed by atoms with Crippen LogP contribution in [0.4, 0.5) is 0 Å². The predicted octanol–water partition coefficient (Wildman–Crippen LogP) is -0.210. The van der Waals surface area contributed by atoms with Crippen molar-refractivity contribution in [1.82, 2.24) is 4.90 Å². The summed E-state index contributed by atoms with van der Waals surface area (Å²) in [6, 6.07) is 0.0739. The van der Waals surface area contributed by atoms with Gasteiger partial charge >= 0.3 is 5.97 Å². The van der Waals surface area contributed by atoms with Crippen molar-refractivity contribution in [2.75, 3.05) is 33.4 Å². The first kappa shape index (κ1) is 12.4. The zero-order valence-electron chi connectivity index (χ0n) is 9.06. The highest BCUT2D eigenvalue weighted by Gasteiger charge is 2.39. The van der Waals surface area contributed by atoms with E-state index in [9.17, 15) is 4.79 Å². The number of carboxylic acid groups (broad SMARTS) is 1.